The van der Waals surface area contributed by atoms with Crippen LogP contribution in [0.25, 0.3) is 27.8 Å². The second-order valence-electron chi connectivity index (χ2n) is 8.56. The molecule has 1 aliphatic rings. The first-order chi connectivity index (χ1) is 16.8. The number of fused-ring (bicyclic) bond motifs is 1. The number of hydrogen-bond donors (Lipinski definition) is 1. The van der Waals surface area contributed by atoms with Crippen LogP contribution in [0.3, 0.4) is 0 Å². The second-order valence-corrected chi connectivity index (χ2v) is 8.56. The van der Waals surface area contributed by atoms with E-state index in [1.807, 2.05) is 18.5 Å². The standard InChI is InChI=1S/C32H24N2/c1-3-8-23(9-4-1)27-17-18-31-30(20-27)29(21-32(34-31)26-10-5-2-6-11-26)25-15-13-24(14-16-25)28-12-7-19-33-22-28/h1-22,32,34H. The summed E-state index contributed by atoms with van der Waals surface area (Å²) < 4.78 is 0. The Labute approximate surface area is 200 Å². The van der Waals surface area contributed by atoms with Crippen LogP contribution < -0.4 is 5.32 Å². The summed E-state index contributed by atoms with van der Waals surface area (Å²) in [7, 11) is 0. The van der Waals surface area contributed by atoms with Crippen LogP contribution in [0.15, 0.2) is 134 Å². The van der Waals surface area contributed by atoms with Crippen molar-refractivity contribution in [3.05, 3.63) is 150 Å². The number of rotatable bonds is 4. The van der Waals surface area contributed by atoms with Crippen molar-refractivity contribution in [3.8, 4) is 22.3 Å². The van der Waals surface area contributed by atoms with Crippen LogP contribution >= 0.6 is 0 Å². The fraction of sp³-hybridized carbons (Fsp3) is 0.0312. The quantitative estimate of drug-likeness (QED) is 0.309. The van der Waals surface area contributed by atoms with Crippen LogP contribution in [-0.2, 0) is 0 Å². The lowest BCUT2D eigenvalue weighted by molar-refractivity contribution is 0.973. The van der Waals surface area contributed by atoms with Crippen molar-refractivity contribution in [2.75, 3.05) is 5.32 Å². The van der Waals surface area contributed by atoms with Gasteiger partial charge in [0, 0.05) is 23.6 Å². The molecule has 0 saturated heterocycles. The van der Waals surface area contributed by atoms with Crippen LogP contribution in [0.4, 0.5) is 5.69 Å². The molecule has 1 aromatic heterocycles. The van der Waals surface area contributed by atoms with Crippen molar-refractivity contribution in [1.82, 2.24) is 4.98 Å². The van der Waals surface area contributed by atoms with Crippen molar-refractivity contribution in [1.29, 1.82) is 0 Å². The van der Waals surface area contributed by atoms with E-state index < -0.39 is 0 Å². The number of pyridine rings is 1. The van der Waals surface area contributed by atoms with E-state index in [1.54, 1.807) is 0 Å². The molecule has 2 nitrogen and oxygen atoms in total. The van der Waals surface area contributed by atoms with Gasteiger partial charge in [0.05, 0.1) is 6.04 Å². The monoisotopic (exact) mass is 436 g/mol. The predicted molar refractivity (Wildman–Crippen MR) is 141 cm³/mol. The molecule has 5 aromatic rings. The Hall–Kier alpha value is -4.43. The zero-order valence-electron chi connectivity index (χ0n) is 18.7. The minimum Gasteiger partial charge on any atom is -0.374 e. The summed E-state index contributed by atoms with van der Waals surface area (Å²) in [5.41, 5.74) is 10.8. The summed E-state index contributed by atoms with van der Waals surface area (Å²) in [5, 5.41) is 3.74. The highest BCUT2D eigenvalue weighted by molar-refractivity contribution is 5.91. The Kier molecular flexibility index (Phi) is 5.25. The molecular formula is C32H24N2. The maximum absolute atomic E-state index is 4.27. The van der Waals surface area contributed by atoms with E-state index in [2.05, 4.69) is 126 Å². The first-order valence-electron chi connectivity index (χ1n) is 11.6. The van der Waals surface area contributed by atoms with Gasteiger partial charge in [-0.15, -0.1) is 0 Å². The predicted octanol–water partition coefficient (Wildman–Crippen LogP) is 8.01. The van der Waals surface area contributed by atoms with Gasteiger partial charge in [-0.3, -0.25) is 4.98 Å². The summed E-state index contributed by atoms with van der Waals surface area (Å²) in [6.45, 7) is 0. The normalized spacial score (nSPS) is 14.6. The highest BCUT2D eigenvalue weighted by Gasteiger charge is 2.22. The van der Waals surface area contributed by atoms with E-state index in [9.17, 15) is 0 Å². The molecule has 0 saturated carbocycles. The zero-order valence-corrected chi connectivity index (χ0v) is 18.7. The van der Waals surface area contributed by atoms with Gasteiger partial charge in [-0.1, -0.05) is 97.1 Å². The van der Waals surface area contributed by atoms with Crippen LogP contribution in [0.5, 0.6) is 0 Å². The van der Waals surface area contributed by atoms with E-state index in [0.717, 1.165) is 11.3 Å². The zero-order chi connectivity index (χ0) is 22.7. The van der Waals surface area contributed by atoms with Crippen molar-refractivity contribution < 1.29 is 0 Å². The molecule has 0 fully saturated rings. The van der Waals surface area contributed by atoms with Gasteiger partial charge < -0.3 is 5.32 Å². The summed E-state index contributed by atoms with van der Waals surface area (Å²) in [6, 6.07) is 40.9. The molecule has 1 unspecified atom stereocenters. The number of benzene rings is 4. The van der Waals surface area contributed by atoms with Crippen molar-refractivity contribution in [2.24, 2.45) is 0 Å². The Morgan fingerprint density at radius 2 is 1.21 bits per heavy atom. The number of hydrogen-bond acceptors (Lipinski definition) is 2. The van der Waals surface area contributed by atoms with E-state index in [4.69, 9.17) is 0 Å². The third-order valence-corrected chi connectivity index (χ3v) is 6.41. The van der Waals surface area contributed by atoms with E-state index in [0.29, 0.717) is 0 Å². The first kappa shape index (κ1) is 20.2. The largest absolute Gasteiger partial charge is 0.374 e. The lowest BCUT2D eigenvalue weighted by Crippen LogP contribution is -2.15. The van der Waals surface area contributed by atoms with Crippen LogP contribution in [0.2, 0.25) is 0 Å². The van der Waals surface area contributed by atoms with Gasteiger partial charge in [0.2, 0.25) is 0 Å². The molecule has 34 heavy (non-hydrogen) atoms. The fourth-order valence-corrected chi connectivity index (χ4v) is 4.64. The fourth-order valence-electron chi connectivity index (χ4n) is 4.64. The molecule has 1 atom stereocenters. The van der Waals surface area contributed by atoms with Gasteiger partial charge in [-0.2, -0.15) is 0 Å². The summed E-state index contributed by atoms with van der Waals surface area (Å²) in [5.74, 6) is 0. The minimum absolute atomic E-state index is 0.115. The van der Waals surface area contributed by atoms with E-state index in [1.165, 1.54) is 39.0 Å². The van der Waals surface area contributed by atoms with Gasteiger partial charge in [0.15, 0.2) is 0 Å². The van der Waals surface area contributed by atoms with Crippen LogP contribution in [0, 0.1) is 0 Å². The highest BCUT2D eigenvalue weighted by Crippen LogP contribution is 2.41. The van der Waals surface area contributed by atoms with Crippen molar-refractivity contribution in [2.45, 2.75) is 6.04 Å². The topological polar surface area (TPSA) is 24.9 Å². The molecule has 1 N–H and O–H groups in total. The SMILES string of the molecule is C1=C(c2ccc(-c3cccnc3)cc2)c2cc(-c3ccccc3)ccc2NC1c1ccccc1. The first-order valence-corrected chi connectivity index (χ1v) is 11.6. The smallest absolute Gasteiger partial charge is 0.0707 e. The van der Waals surface area contributed by atoms with Gasteiger partial charge in [0.25, 0.3) is 0 Å². The summed E-state index contributed by atoms with van der Waals surface area (Å²) in [6.07, 6.45) is 6.07. The number of nitrogens with zero attached hydrogens (tertiary/aromatic N) is 1. The van der Waals surface area contributed by atoms with E-state index in [-0.39, 0.29) is 6.04 Å². The molecule has 162 valence electrons. The molecule has 0 spiro atoms. The Balaban J connectivity index is 1.46. The third-order valence-electron chi connectivity index (χ3n) is 6.41. The van der Waals surface area contributed by atoms with Crippen molar-refractivity contribution >= 4 is 11.3 Å². The third kappa shape index (κ3) is 3.91. The molecule has 1 aliphatic heterocycles. The molecule has 4 aromatic carbocycles. The molecule has 0 aliphatic carbocycles. The molecule has 2 heteroatoms. The Morgan fingerprint density at radius 1 is 0.559 bits per heavy atom. The molecule has 6 rings (SSSR count). The van der Waals surface area contributed by atoms with Gasteiger partial charge in [-0.05, 0) is 63.2 Å². The summed E-state index contributed by atoms with van der Waals surface area (Å²) >= 11 is 0. The average molecular weight is 437 g/mol. The van der Waals surface area contributed by atoms with Gasteiger partial charge in [-0.25, -0.2) is 0 Å². The highest BCUT2D eigenvalue weighted by atomic mass is 14.9. The van der Waals surface area contributed by atoms with E-state index >= 15 is 0 Å². The molecule has 2 heterocycles. The molecule has 0 bridgehead atoms. The number of nitrogens with one attached hydrogen (secondary N) is 1. The maximum Gasteiger partial charge on any atom is 0.0707 e. The summed E-state index contributed by atoms with van der Waals surface area (Å²) in [4.78, 5) is 4.27. The maximum atomic E-state index is 4.27. The lowest BCUT2D eigenvalue weighted by Gasteiger charge is -2.28. The minimum atomic E-state index is 0.115. The Bertz CT molecular complexity index is 1440. The molecular weight excluding hydrogens is 412 g/mol. The Morgan fingerprint density at radius 3 is 1.94 bits per heavy atom. The lowest BCUT2D eigenvalue weighted by atomic mass is 9.87. The number of aromatic nitrogens is 1. The van der Waals surface area contributed by atoms with Crippen molar-refractivity contribution in [3.63, 3.8) is 0 Å². The van der Waals surface area contributed by atoms with Gasteiger partial charge in [0.1, 0.15) is 0 Å². The second kappa shape index (κ2) is 8.84. The number of anilines is 1. The van der Waals surface area contributed by atoms with Crippen LogP contribution in [-0.4, -0.2) is 4.98 Å². The molecule has 0 amide bonds. The van der Waals surface area contributed by atoms with Gasteiger partial charge >= 0.3 is 0 Å². The van der Waals surface area contributed by atoms with Crippen LogP contribution in [0.1, 0.15) is 22.7 Å². The molecule has 0 radical (unpaired) electrons. The average Bonchev–Trinajstić information content (AvgIpc) is 2.94.